The van der Waals surface area contributed by atoms with Crippen molar-refractivity contribution in [1.29, 1.82) is 0 Å². The minimum atomic E-state index is -0.303. The number of piperidine rings is 1. The molecule has 4 nitrogen and oxygen atoms in total. The zero-order chi connectivity index (χ0) is 22.0. The number of nitrogens with zero attached hydrogens (tertiary/aromatic N) is 2. The van der Waals surface area contributed by atoms with Gasteiger partial charge in [-0.1, -0.05) is 74.5 Å². The maximum atomic E-state index is 13.7. The molecular formula is C27H34N2O2. The highest BCUT2D eigenvalue weighted by molar-refractivity contribution is 5.82. The first kappa shape index (κ1) is 21.6. The second kappa shape index (κ2) is 8.86. The Kier molecular flexibility index (Phi) is 6.17. The van der Waals surface area contributed by atoms with E-state index in [0.29, 0.717) is 6.42 Å². The molecule has 0 aliphatic carbocycles. The van der Waals surface area contributed by atoms with E-state index in [2.05, 4.69) is 41.0 Å². The van der Waals surface area contributed by atoms with Gasteiger partial charge in [-0.05, 0) is 43.7 Å². The molecule has 0 N–H and O–H groups in total. The van der Waals surface area contributed by atoms with Gasteiger partial charge < -0.3 is 9.80 Å². The summed E-state index contributed by atoms with van der Waals surface area (Å²) in [5.74, 6) is 0.373. The third-order valence-electron chi connectivity index (χ3n) is 6.98. The van der Waals surface area contributed by atoms with Gasteiger partial charge in [0, 0.05) is 18.0 Å². The highest BCUT2D eigenvalue weighted by Gasteiger charge is 2.54. The second-order valence-electron chi connectivity index (χ2n) is 9.75. The Morgan fingerprint density at radius 1 is 0.968 bits per heavy atom. The zero-order valence-corrected chi connectivity index (χ0v) is 19.0. The van der Waals surface area contributed by atoms with E-state index in [9.17, 15) is 9.59 Å². The Hall–Kier alpha value is -2.62. The number of hydrogen-bond donors (Lipinski definition) is 0. The van der Waals surface area contributed by atoms with Gasteiger partial charge in [0.1, 0.15) is 0 Å². The molecule has 2 aliphatic rings. The number of fused-ring (bicyclic) bond motifs is 1. The summed E-state index contributed by atoms with van der Waals surface area (Å²) in [7, 11) is 0. The fourth-order valence-electron chi connectivity index (χ4n) is 5.67. The van der Waals surface area contributed by atoms with Gasteiger partial charge in [0.25, 0.3) is 0 Å². The van der Waals surface area contributed by atoms with E-state index in [1.807, 2.05) is 50.2 Å². The van der Waals surface area contributed by atoms with Gasteiger partial charge in [-0.15, -0.1) is 0 Å². The Bertz CT molecular complexity index is 911. The number of carbonyl (C=O) groups excluding carboxylic acids is 2. The predicted octanol–water partition coefficient (Wildman–Crippen LogP) is 4.48. The van der Waals surface area contributed by atoms with E-state index in [1.165, 1.54) is 5.56 Å². The molecule has 2 amide bonds. The van der Waals surface area contributed by atoms with Gasteiger partial charge in [-0.3, -0.25) is 9.59 Å². The first-order chi connectivity index (χ1) is 14.9. The summed E-state index contributed by atoms with van der Waals surface area (Å²) >= 11 is 0. The molecule has 2 fully saturated rings. The van der Waals surface area contributed by atoms with Crippen molar-refractivity contribution in [3.63, 3.8) is 0 Å². The molecule has 4 heteroatoms. The molecule has 0 unspecified atom stereocenters. The fourth-order valence-corrected chi connectivity index (χ4v) is 5.67. The SMILES string of the molecule is CC(C)C(=O)N1CCC[C@H]2[C@@H]1C[C@@](C)(Cc1ccccc1)N2C(=O)Cc1ccccc1. The monoisotopic (exact) mass is 418 g/mol. The minimum absolute atomic E-state index is 0.0202. The van der Waals surface area contributed by atoms with E-state index < -0.39 is 0 Å². The smallest absolute Gasteiger partial charge is 0.227 e. The lowest BCUT2D eigenvalue weighted by Crippen LogP contribution is -2.55. The van der Waals surface area contributed by atoms with E-state index in [0.717, 1.165) is 37.8 Å². The Morgan fingerprint density at radius 3 is 2.19 bits per heavy atom. The molecule has 2 aromatic rings. The number of rotatable bonds is 5. The third-order valence-corrected chi connectivity index (χ3v) is 6.98. The van der Waals surface area contributed by atoms with Crippen molar-refractivity contribution in [2.24, 2.45) is 5.92 Å². The molecule has 0 saturated carbocycles. The molecule has 0 aromatic heterocycles. The summed E-state index contributed by atoms with van der Waals surface area (Å²) in [5, 5.41) is 0. The van der Waals surface area contributed by atoms with Gasteiger partial charge in [0.05, 0.1) is 18.5 Å². The van der Waals surface area contributed by atoms with Crippen LogP contribution in [-0.2, 0) is 22.4 Å². The van der Waals surface area contributed by atoms with Crippen LogP contribution in [0.15, 0.2) is 60.7 Å². The molecule has 2 aromatic carbocycles. The van der Waals surface area contributed by atoms with E-state index in [-0.39, 0.29) is 35.4 Å². The quantitative estimate of drug-likeness (QED) is 0.718. The molecule has 2 saturated heterocycles. The lowest BCUT2D eigenvalue weighted by atomic mass is 9.87. The molecule has 0 bridgehead atoms. The normalized spacial score (nSPS) is 25.5. The summed E-state index contributed by atoms with van der Waals surface area (Å²) in [6.07, 6.45) is 3.98. The lowest BCUT2D eigenvalue weighted by molar-refractivity contribution is -0.143. The van der Waals surface area contributed by atoms with Crippen LogP contribution < -0.4 is 0 Å². The van der Waals surface area contributed by atoms with Crippen molar-refractivity contribution in [3.8, 4) is 0 Å². The maximum Gasteiger partial charge on any atom is 0.227 e. The summed E-state index contributed by atoms with van der Waals surface area (Å²) in [4.78, 5) is 31.0. The van der Waals surface area contributed by atoms with Crippen LogP contribution in [0.4, 0.5) is 0 Å². The fraction of sp³-hybridized carbons (Fsp3) is 0.481. The topological polar surface area (TPSA) is 40.6 Å². The van der Waals surface area contributed by atoms with Gasteiger partial charge in [-0.25, -0.2) is 0 Å². The number of hydrogen-bond acceptors (Lipinski definition) is 2. The van der Waals surface area contributed by atoms with Crippen molar-refractivity contribution < 1.29 is 9.59 Å². The lowest BCUT2D eigenvalue weighted by Gasteiger charge is -2.42. The molecule has 0 radical (unpaired) electrons. The molecule has 2 heterocycles. The number of benzene rings is 2. The summed E-state index contributed by atoms with van der Waals surface area (Å²) in [6, 6.07) is 20.6. The largest absolute Gasteiger partial charge is 0.337 e. The molecular weight excluding hydrogens is 384 g/mol. The van der Waals surface area contributed by atoms with Crippen molar-refractivity contribution in [2.75, 3.05) is 6.54 Å². The zero-order valence-electron chi connectivity index (χ0n) is 19.0. The molecule has 2 aliphatic heterocycles. The summed E-state index contributed by atoms with van der Waals surface area (Å²) in [6.45, 7) is 6.98. The number of amides is 2. The average molecular weight is 419 g/mol. The van der Waals surface area contributed by atoms with Crippen molar-refractivity contribution in [1.82, 2.24) is 9.80 Å². The van der Waals surface area contributed by atoms with Crippen LogP contribution in [0, 0.1) is 5.92 Å². The van der Waals surface area contributed by atoms with E-state index >= 15 is 0 Å². The van der Waals surface area contributed by atoms with Gasteiger partial charge in [-0.2, -0.15) is 0 Å². The molecule has 0 spiro atoms. The molecule has 164 valence electrons. The second-order valence-corrected chi connectivity index (χ2v) is 9.75. The summed E-state index contributed by atoms with van der Waals surface area (Å²) < 4.78 is 0. The van der Waals surface area contributed by atoms with E-state index in [4.69, 9.17) is 0 Å². The van der Waals surface area contributed by atoms with Crippen LogP contribution in [-0.4, -0.2) is 45.8 Å². The molecule has 4 rings (SSSR count). The van der Waals surface area contributed by atoms with Crippen LogP contribution in [0.5, 0.6) is 0 Å². The first-order valence-corrected chi connectivity index (χ1v) is 11.6. The van der Waals surface area contributed by atoms with Crippen LogP contribution in [0.1, 0.15) is 51.2 Å². The van der Waals surface area contributed by atoms with Crippen molar-refractivity contribution >= 4 is 11.8 Å². The van der Waals surface area contributed by atoms with Crippen LogP contribution >= 0.6 is 0 Å². The maximum absolute atomic E-state index is 13.7. The van der Waals surface area contributed by atoms with E-state index in [1.54, 1.807) is 0 Å². The standard InChI is InChI=1S/C27H34N2O2/c1-20(2)26(31)28-16-10-15-23-24(28)19-27(3,18-22-13-8-5-9-14-22)29(23)25(30)17-21-11-6-4-7-12-21/h4-9,11-14,20,23-24H,10,15-19H2,1-3H3/t23-,24-,27+/m0/s1. The van der Waals surface area contributed by atoms with Gasteiger partial charge >= 0.3 is 0 Å². The first-order valence-electron chi connectivity index (χ1n) is 11.6. The van der Waals surface area contributed by atoms with Crippen LogP contribution in [0.2, 0.25) is 0 Å². The van der Waals surface area contributed by atoms with Gasteiger partial charge in [0.2, 0.25) is 11.8 Å². The predicted molar refractivity (Wildman–Crippen MR) is 124 cm³/mol. The Morgan fingerprint density at radius 2 is 1.58 bits per heavy atom. The summed E-state index contributed by atoms with van der Waals surface area (Å²) in [5.41, 5.74) is 1.98. The van der Waals surface area contributed by atoms with Crippen molar-refractivity contribution in [2.45, 2.75) is 70.5 Å². The Labute approximate surface area is 186 Å². The number of carbonyl (C=O) groups is 2. The third kappa shape index (κ3) is 4.39. The minimum Gasteiger partial charge on any atom is -0.337 e. The Balaban J connectivity index is 1.67. The number of likely N-dealkylation sites (tertiary alicyclic amines) is 2. The van der Waals surface area contributed by atoms with Crippen molar-refractivity contribution in [3.05, 3.63) is 71.8 Å². The highest BCUT2D eigenvalue weighted by Crippen LogP contribution is 2.43. The average Bonchev–Trinajstić information content (AvgIpc) is 3.06. The van der Waals surface area contributed by atoms with Gasteiger partial charge in [0.15, 0.2) is 0 Å². The van der Waals surface area contributed by atoms with Crippen LogP contribution in [0.3, 0.4) is 0 Å². The molecule has 31 heavy (non-hydrogen) atoms. The highest BCUT2D eigenvalue weighted by atomic mass is 16.2. The van der Waals surface area contributed by atoms with Crippen LogP contribution in [0.25, 0.3) is 0 Å². The molecule has 3 atom stereocenters.